The summed E-state index contributed by atoms with van der Waals surface area (Å²) >= 11 is 0. The molecule has 0 radical (unpaired) electrons. The Bertz CT molecular complexity index is 132. The number of aliphatic hydroxyl groups excluding tert-OH is 1. The van der Waals surface area contributed by atoms with Crippen molar-refractivity contribution < 1.29 is 5.11 Å². The van der Waals surface area contributed by atoms with Crippen LogP contribution in [0.3, 0.4) is 0 Å². The van der Waals surface area contributed by atoms with Crippen molar-refractivity contribution >= 4 is 0 Å². The van der Waals surface area contributed by atoms with Gasteiger partial charge in [0.05, 0.1) is 0 Å². The van der Waals surface area contributed by atoms with Gasteiger partial charge in [0.1, 0.15) is 0 Å². The van der Waals surface area contributed by atoms with Crippen LogP contribution in [0.5, 0.6) is 0 Å². The van der Waals surface area contributed by atoms with Gasteiger partial charge >= 0.3 is 0 Å². The topological polar surface area (TPSA) is 23.5 Å². The fourth-order valence-electron chi connectivity index (χ4n) is 2.21. The molecule has 1 atom stereocenters. The van der Waals surface area contributed by atoms with E-state index in [0.717, 1.165) is 6.42 Å². The van der Waals surface area contributed by atoms with E-state index in [2.05, 4.69) is 11.8 Å². The highest BCUT2D eigenvalue weighted by Crippen LogP contribution is 2.13. The molecule has 84 valence electrons. The van der Waals surface area contributed by atoms with E-state index >= 15 is 0 Å². The summed E-state index contributed by atoms with van der Waals surface area (Å²) < 4.78 is 0. The quantitative estimate of drug-likeness (QED) is 0.709. The molecule has 1 fully saturated rings. The molecule has 0 bridgehead atoms. The fraction of sp³-hybridized carbons (Fsp3) is 1.00. The van der Waals surface area contributed by atoms with E-state index in [1.54, 1.807) is 0 Å². The van der Waals surface area contributed by atoms with Gasteiger partial charge in [-0.3, -0.25) is 0 Å². The van der Waals surface area contributed by atoms with E-state index in [0.29, 0.717) is 12.5 Å². The zero-order valence-corrected chi connectivity index (χ0v) is 9.54. The number of piperidine rings is 1. The molecule has 1 saturated heterocycles. The standard InChI is InChI=1S/C12H25NO/c1-12(7-11-14)6-5-10-13-8-3-2-4-9-13/h12,14H,2-11H2,1H3. The Balaban J connectivity index is 1.96. The summed E-state index contributed by atoms with van der Waals surface area (Å²) in [6, 6.07) is 0. The molecule has 1 unspecified atom stereocenters. The summed E-state index contributed by atoms with van der Waals surface area (Å²) in [6.07, 6.45) is 7.77. The van der Waals surface area contributed by atoms with Gasteiger partial charge in [-0.05, 0) is 57.7 Å². The van der Waals surface area contributed by atoms with Crippen molar-refractivity contribution in [2.45, 2.75) is 45.4 Å². The van der Waals surface area contributed by atoms with Crippen molar-refractivity contribution in [2.75, 3.05) is 26.2 Å². The van der Waals surface area contributed by atoms with E-state index in [1.807, 2.05) is 0 Å². The summed E-state index contributed by atoms with van der Waals surface area (Å²) in [5, 5.41) is 8.77. The average Bonchev–Trinajstić information content (AvgIpc) is 2.20. The van der Waals surface area contributed by atoms with Gasteiger partial charge in [-0.15, -0.1) is 0 Å². The lowest BCUT2D eigenvalue weighted by atomic mass is 10.0. The normalized spacial score (nSPS) is 21.0. The van der Waals surface area contributed by atoms with E-state index in [4.69, 9.17) is 5.11 Å². The van der Waals surface area contributed by atoms with Gasteiger partial charge in [-0.1, -0.05) is 13.3 Å². The molecule has 2 nitrogen and oxygen atoms in total. The van der Waals surface area contributed by atoms with Crippen LogP contribution in [0.1, 0.15) is 45.4 Å². The van der Waals surface area contributed by atoms with Gasteiger partial charge in [-0.25, -0.2) is 0 Å². The third-order valence-corrected chi connectivity index (χ3v) is 3.24. The Hall–Kier alpha value is -0.0800. The van der Waals surface area contributed by atoms with Crippen LogP contribution in [0.25, 0.3) is 0 Å². The van der Waals surface area contributed by atoms with Crippen LogP contribution in [0.15, 0.2) is 0 Å². The fourth-order valence-corrected chi connectivity index (χ4v) is 2.21. The molecule has 1 N–H and O–H groups in total. The van der Waals surface area contributed by atoms with Crippen molar-refractivity contribution in [2.24, 2.45) is 5.92 Å². The minimum absolute atomic E-state index is 0.352. The molecule has 1 aliphatic rings. The lowest BCUT2D eigenvalue weighted by molar-refractivity contribution is 0.213. The predicted octanol–water partition coefficient (Wildman–Crippen LogP) is 2.27. The lowest BCUT2D eigenvalue weighted by Gasteiger charge is -2.26. The van der Waals surface area contributed by atoms with Crippen LogP contribution in [0, 0.1) is 5.92 Å². The second-order valence-electron chi connectivity index (χ2n) is 4.66. The molecular weight excluding hydrogens is 174 g/mol. The SMILES string of the molecule is CC(CCO)CCCN1CCCCC1. The van der Waals surface area contributed by atoms with Crippen molar-refractivity contribution in [1.29, 1.82) is 0 Å². The highest BCUT2D eigenvalue weighted by molar-refractivity contribution is 4.65. The number of hydrogen-bond acceptors (Lipinski definition) is 2. The summed E-state index contributed by atoms with van der Waals surface area (Å²) in [6.45, 7) is 6.50. The maximum atomic E-state index is 8.77. The van der Waals surface area contributed by atoms with E-state index in [1.165, 1.54) is 51.7 Å². The number of nitrogens with zero attached hydrogens (tertiary/aromatic N) is 1. The second kappa shape index (κ2) is 7.24. The summed E-state index contributed by atoms with van der Waals surface area (Å²) in [5.41, 5.74) is 0. The van der Waals surface area contributed by atoms with Crippen LogP contribution in [-0.2, 0) is 0 Å². The van der Waals surface area contributed by atoms with Crippen LogP contribution in [-0.4, -0.2) is 36.2 Å². The molecule has 1 aliphatic heterocycles. The first-order valence-corrected chi connectivity index (χ1v) is 6.16. The van der Waals surface area contributed by atoms with Crippen LogP contribution in [0.4, 0.5) is 0 Å². The van der Waals surface area contributed by atoms with Gasteiger partial charge in [0.15, 0.2) is 0 Å². The minimum atomic E-state index is 0.352. The number of rotatable bonds is 6. The first kappa shape index (κ1) is 12.0. The highest BCUT2D eigenvalue weighted by Gasteiger charge is 2.09. The molecule has 0 amide bonds. The van der Waals surface area contributed by atoms with Gasteiger partial charge < -0.3 is 10.0 Å². The Kier molecular flexibility index (Phi) is 6.20. The Morgan fingerprint density at radius 2 is 1.86 bits per heavy atom. The maximum absolute atomic E-state index is 8.77. The van der Waals surface area contributed by atoms with E-state index < -0.39 is 0 Å². The zero-order valence-electron chi connectivity index (χ0n) is 9.54. The molecule has 1 rings (SSSR count). The smallest absolute Gasteiger partial charge is 0.0433 e. The Morgan fingerprint density at radius 1 is 1.14 bits per heavy atom. The minimum Gasteiger partial charge on any atom is -0.396 e. The van der Waals surface area contributed by atoms with Crippen LogP contribution >= 0.6 is 0 Å². The Morgan fingerprint density at radius 3 is 2.50 bits per heavy atom. The Labute approximate surface area is 88.3 Å². The first-order chi connectivity index (χ1) is 6.83. The summed E-state index contributed by atoms with van der Waals surface area (Å²) in [5.74, 6) is 0.699. The second-order valence-corrected chi connectivity index (χ2v) is 4.66. The monoisotopic (exact) mass is 199 g/mol. The third-order valence-electron chi connectivity index (χ3n) is 3.24. The average molecular weight is 199 g/mol. The molecule has 0 spiro atoms. The van der Waals surface area contributed by atoms with E-state index in [9.17, 15) is 0 Å². The number of aliphatic hydroxyl groups is 1. The van der Waals surface area contributed by atoms with Gasteiger partial charge in [0.25, 0.3) is 0 Å². The van der Waals surface area contributed by atoms with Crippen molar-refractivity contribution in [3.8, 4) is 0 Å². The molecule has 0 aromatic rings. The van der Waals surface area contributed by atoms with Gasteiger partial charge in [0.2, 0.25) is 0 Å². The molecule has 0 aromatic heterocycles. The molecule has 1 heterocycles. The largest absolute Gasteiger partial charge is 0.396 e. The predicted molar refractivity (Wildman–Crippen MR) is 60.4 cm³/mol. The third kappa shape index (κ3) is 4.97. The summed E-state index contributed by atoms with van der Waals surface area (Å²) in [7, 11) is 0. The van der Waals surface area contributed by atoms with Gasteiger partial charge in [-0.2, -0.15) is 0 Å². The van der Waals surface area contributed by atoms with Crippen LogP contribution in [0.2, 0.25) is 0 Å². The van der Waals surface area contributed by atoms with Crippen molar-refractivity contribution in [1.82, 2.24) is 4.90 Å². The highest BCUT2D eigenvalue weighted by atomic mass is 16.3. The van der Waals surface area contributed by atoms with E-state index in [-0.39, 0.29) is 0 Å². The van der Waals surface area contributed by atoms with Crippen LogP contribution < -0.4 is 0 Å². The molecule has 0 aliphatic carbocycles. The molecular formula is C12H25NO. The van der Waals surface area contributed by atoms with Crippen molar-refractivity contribution in [3.05, 3.63) is 0 Å². The molecule has 2 heteroatoms. The van der Waals surface area contributed by atoms with Gasteiger partial charge in [0, 0.05) is 6.61 Å². The lowest BCUT2D eigenvalue weighted by Crippen LogP contribution is -2.30. The maximum Gasteiger partial charge on any atom is 0.0433 e. The molecule has 0 saturated carbocycles. The number of hydrogen-bond donors (Lipinski definition) is 1. The zero-order chi connectivity index (χ0) is 10.2. The molecule has 14 heavy (non-hydrogen) atoms. The number of likely N-dealkylation sites (tertiary alicyclic amines) is 1. The first-order valence-electron chi connectivity index (χ1n) is 6.16. The summed E-state index contributed by atoms with van der Waals surface area (Å²) in [4.78, 5) is 2.59. The molecule has 0 aromatic carbocycles. The van der Waals surface area contributed by atoms with Crippen molar-refractivity contribution in [3.63, 3.8) is 0 Å².